The maximum Gasteiger partial charge on any atom is 0.333 e. The lowest BCUT2D eigenvalue weighted by Gasteiger charge is -2.49. The van der Waals surface area contributed by atoms with Gasteiger partial charge in [0.1, 0.15) is 6.61 Å². The molecule has 1 N–H and O–H groups in total. The van der Waals surface area contributed by atoms with Crippen LogP contribution in [0.2, 0.25) is 0 Å². The van der Waals surface area contributed by atoms with Crippen molar-refractivity contribution in [1.82, 2.24) is 10.2 Å². The summed E-state index contributed by atoms with van der Waals surface area (Å²) < 4.78 is 10.3. The molecule has 0 aliphatic carbocycles. The third-order valence-electron chi connectivity index (χ3n) is 4.34. The number of carbonyl (C=O) groups is 4. The number of methoxy groups -OCH3 is 1. The number of alkyl halides is 1. The molecule has 3 unspecified atom stereocenters. The lowest BCUT2D eigenvalue weighted by molar-refractivity contribution is -0.195. The van der Waals surface area contributed by atoms with Crippen LogP contribution in [0.4, 0.5) is 0 Å². The lowest BCUT2D eigenvalue weighted by Crippen LogP contribution is -2.75. The number of halogens is 1. The number of rotatable bonds is 10. The van der Waals surface area contributed by atoms with E-state index >= 15 is 0 Å². The molecule has 1 heterocycles. The molecule has 1 aliphatic rings. The fraction of sp³-hybridized carbons (Fsp3) is 0.400. The molecule has 1 aromatic carbocycles. The van der Waals surface area contributed by atoms with E-state index in [1.807, 2.05) is 6.07 Å². The van der Waals surface area contributed by atoms with Crippen molar-refractivity contribution < 1.29 is 28.7 Å². The van der Waals surface area contributed by atoms with Crippen LogP contribution < -0.4 is 5.32 Å². The Balaban J connectivity index is 2.16. The van der Waals surface area contributed by atoms with Gasteiger partial charge in [-0.15, -0.1) is 11.6 Å². The summed E-state index contributed by atoms with van der Waals surface area (Å²) in [6, 6.07) is 6.88. The highest BCUT2D eigenvalue weighted by molar-refractivity contribution is 6.27. The van der Waals surface area contributed by atoms with Crippen LogP contribution >= 0.6 is 11.6 Å². The number of amides is 2. The minimum Gasteiger partial charge on any atom is -0.467 e. The number of nitrogens with zero attached hydrogens (tertiary/aromatic N) is 1. The number of hydrogen-bond donors (Lipinski definition) is 1. The van der Waals surface area contributed by atoms with Crippen molar-refractivity contribution in [2.75, 3.05) is 19.6 Å². The molecule has 0 saturated carbocycles. The van der Waals surface area contributed by atoms with Crippen molar-refractivity contribution in [3.8, 4) is 0 Å². The summed E-state index contributed by atoms with van der Waals surface area (Å²) in [5.41, 5.74) is 1.13. The number of esters is 1. The standard InChI is InChI=1S/C20H23ClN2O6/c1-12(2)17(20(27)28-3)23-18(26)16(19(23)29-11-14(24)10-21)22-15(25)9-13-7-5-4-6-8-13/h4-8,16-17,19H,1,9-11H2,2-3H3,(H,22,25). The SMILES string of the molecule is C=C(C)C(C(=O)OC)N1C(=O)C(NC(=O)Cc2ccccc2)C1OCC(=O)CCl. The van der Waals surface area contributed by atoms with Crippen molar-refractivity contribution >= 4 is 35.2 Å². The first-order valence-electron chi connectivity index (χ1n) is 8.88. The van der Waals surface area contributed by atoms with E-state index in [-0.39, 0.29) is 18.9 Å². The minimum absolute atomic E-state index is 0.0683. The third-order valence-corrected chi connectivity index (χ3v) is 4.64. The average molecular weight is 423 g/mol. The van der Waals surface area contributed by atoms with E-state index in [1.54, 1.807) is 31.2 Å². The number of hydrogen-bond acceptors (Lipinski definition) is 6. The molecule has 2 amide bonds. The number of β-lactam (4-membered cyclic amide) rings is 1. The van der Waals surface area contributed by atoms with Gasteiger partial charge < -0.3 is 14.8 Å². The number of likely N-dealkylation sites (tertiary alicyclic amines) is 1. The molecule has 0 aromatic heterocycles. The molecule has 8 nitrogen and oxygen atoms in total. The fourth-order valence-electron chi connectivity index (χ4n) is 2.96. The predicted octanol–water partition coefficient (Wildman–Crippen LogP) is 0.824. The van der Waals surface area contributed by atoms with Crippen molar-refractivity contribution in [2.45, 2.75) is 31.7 Å². The highest BCUT2D eigenvalue weighted by Gasteiger charge is 2.54. The maximum absolute atomic E-state index is 12.7. The van der Waals surface area contributed by atoms with E-state index in [4.69, 9.17) is 21.1 Å². The van der Waals surface area contributed by atoms with E-state index in [1.165, 1.54) is 7.11 Å². The van der Waals surface area contributed by atoms with Crippen LogP contribution in [0.5, 0.6) is 0 Å². The number of carbonyl (C=O) groups excluding carboxylic acids is 4. The van der Waals surface area contributed by atoms with Crippen molar-refractivity contribution in [3.05, 3.63) is 48.0 Å². The van der Waals surface area contributed by atoms with Gasteiger partial charge in [0.15, 0.2) is 24.1 Å². The zero-order chi connectivity index (χ0) is 21.6. The maximum atomic E-state index is 12.7. The monoisotopic (exact) mass is 422 g/mol. The summed E-state index contributed by atoms with van der Waals surface area (Å²) >= 11 is 5.49. The summed E-state index contributed by atoms with van der Waals surface area (Å²) in [7, 11) is 1.19. The van der Waals surface area contributed by atoms with Crippen molar-refractivity contribution in [1.29, 1.82) is 0 Å². The first-order chi connectivity index (χ1) is 13.8. The Labute approximate surface area is 173 Å². The Morgan fingerprint density at radius 2 is 1.93 bits per heavy atom. The molecule has 0 bridgehead atoms. The largest absolute Gasteiger partial charge is 0.467 e. The smallest absolute Gasteiger partial charge is 0.333 e. The van der Waals surface area contributed by atoms with Crippen molar-refractivity contribution in [2.24, 2.45) is 0 Å². The Morgan fingerprint density at radius 1 is 1.28 bits per heavy atom. The molecule has 0 radical (unpaired) electrons. The molecule has 1 saturated heterocycles. The molecule has 29 heavy (non-hydrogen) atoms. The van der Waals surface area contributed by atoms with E-state index in [2.05, 4.69) is 11.9 Å². The topological polar surface area (TPSA) is 102 Å². The van der Waals surface area contributed by atoms with E-state index in [0.717, 1.165) is 10.5 Å². The van der Waals surface area contributed by atoms with Gasteiger partial charge in [-0.25, -0.2) is 4.79 Å². The second kappa shape index (κ2) is 10.2. The second-order valence-corrected chi connectivity index (χ2v) is 6.87. The molecule has 3 atom stereocenters. The van der Waals surface area contributed by atoms with Gasteiger partial charge in [-0.2, -0.15) is 0 Å². The molecule has 1 aliphatic heterocycles. The predicted molar refractivity (Wildman–Crippen MR) is 105 cm³/mol. The lowest BCUT2D eigenvalue weighted by atomic mass is 9.97. The number of ether oxygens (including phenoxy) is 2. The Morgan fingerprint density at radius 3 is 2.48 bits per heavy atom. The van der Waals surface area contributed by atoms with Crippen LogP contribution in [0.1, 0.15) is 12.5 Å². The minimum atomic E-state index is -1.09. The zero-order valence-electron chi connectivity index (χ0n) is 16.2. The molecule has 1 fully saturated rings. The molecule has 1 aromatic rings. The van der Waals surface area contributed by atoms with Crippen molar-refractivity contribution in [3.63, 3.8) is 0 Å². The van der Waals surface area contributed by atoms with Crippen LogP contribution in [0.25, 0.3) is 0 Å². The molecule has 9 heteroatoms. The van der Waals surface area contributed by atoms with Gasteiger partial charge >= 0.3 is 5.97 Å². The van der Waals surface area contributed by atoms with Crippen LogP contribution in [-0.4, -0.2) is 66.4 Å². The normalized spacial score (nSPS) is 19.1. The summed E-state index contributed by atoms with van der Waals surface area (Å²) in [6.45, 7) is 4.92. The fourth-order valence-corrected chi connectivity index (χ4v) is 3.03. The van der Waals surface area contributed by atoms with Gasteiger partial charge in [-0.1, -0.05) is 36.9 Å². The number of benzene rings is 1. The van der Waals surface area contributed by atoms with Gasteiger partial charge in [0.25, 0.3) is 5.91 Å². The highest BCUT2D eigenvalue weighted by Crippen LogP contribution is 2.28. The quantitative estimate of drug-likeness (QED) is 0.259. The van der Waals surface area contributed by atoms with Crippen LogP contribution in [0.3, 0.4) is 0 Å². The Kier molecular flexibility index (Phi) is 7.92. The molecule has 2 rings (SSSR count). The van der Waals surface area contributed by atoms with Gasteiger partial charge in [-0.3, -0.25) is 19.3 Å². The van der Waals surface area contributed by atoms with Gasteiger partial charge in [0, 0.05) is 0 Å². The van der Waals surface area contributed by atoms with Gasteiger partial charge in [-0.05, 0) is 18.1 Å². The highest BCUT2D eigenvalue weighted by atomic mass is 35.5. The number of Topliss-reactive ketones (excluding diaryl/α,β-unsaturated/α-hetero) is 1. The average Bonchev–Trinajstić information content (AvgIpc) is 2.71. The van der Waals surface area contributed by atoms with Crippen LogP contribution in [0.15, 0.2) is 42.5 Å². The molecular formula is C20H23ClN2O6. The Hall–Kier alpha value is -2.71. The number of nitrogens with one attached hydrogen (secondary N) is 1. The summed E-state index contributed by atoms with van der Waals surface area (Å²) in [6.07, 6.45) is -0.964. The third kappa shape index (κ3) is 5.42. The van der Waals surface area contributed by atoms with Crippen LogP contribution in [-0.2, 0) is 35.1 Å². The zero-order valence-corrected chi connectivity index (χ0v) is 17.0. The van der Waals surface area contributed by atoms with E-state index in [0.29, 0.717) is 5.57 Å². The summed E-state index contributed by atoms with van der Waals surface area (Å²) in [5.74, 6) is -2.28. The van der Waals surface area contributed by atoms with Gasteiger partial charge in [0.2, 0.25) is 5.91 Å². The second-order valence-electron chi connectivity index (χ2n) is 6.60. The van der Waals surface area contributed by atoms with E-state index in [9.17, 15) is 19.2 Å². The number of ketones is 1. The molecule has 156 valence electrons. The summed E-state index contributed by atoms with van der Waals surface area (Å²) in [5, 5.41) is 2.61. The Bertz CT molecular complexity index is 797. The first kappa shape index (κ1) is 22.6. The first-order valence-corrected chi connectivity index (χ1v) is 9.41. The van der Waals surface area contributed by atoms with Crippen LogP contribution in [0, 0.1) is 0 Å². The van der Waals surface area contributed by atoms with Gasteiger partial charge in [0.05, 0.1) is 19.4 Å². The molecule has 0 spiro atoms. The molecular weight excluding hydrogens is 400 g/mol. The summed E-state index contributed by atoms with van der Waals surface area (Å²) in [4.78, 5) is 49.9. The van der Waals surface area contributed by atoms with E-state index < -0.39 is 41.9 Å².